The van der Waals surface area contributed by atoms with Crippen LogP contribution in [0.3, 0.4) is 0 Å². The number of rotatable bonds is 5. The van der Waals surface area contributed by atoms with Crippen molar-refractivity contribution in [3.05, 3.63) is 198 Å². The van der Waals surface area contributed by atoms with E-state index in [9.17, 15) is 5.26 Å². The Labute approximate surface area is 289 Å². The van der Waals surface area contributed by atoms with Crippen LogP contribution in [0.4, 0.5) is 11.4 Å². The van der Waals surface area contributed by atoms with Gasteiger partial charge in [-0.25, -0.2) is 0 Å². The number of nitrogens with two attached hydrogens (primary N) is 2. The fourth-order valence-corrected chi connectivity index (χ4v) is 4.59. The highest BCUT2D eigenvalue weighted by molar-refractivity contribution is 5.87. The zero-order valence-electron chi connectivity index (χ0n) is 28.1. The predicted octanol–water partition coefficient (Wildman–Crippen LogP) is 7.94. The Kier molecular flexibility index (Phi) is 15.2. The van der Waals surface area contributed by atoms with Crippen molar-refractivity contribution in [1.82, 2.24) is 5.43 Å². The largest absolute Gasteiger partial charge is 0.455 e. The molecule has 1 atom stereocenters. The average Bonchev–Trinajstić information content (AvgIpc) is 3.71. The van der Waals surface area contributed by atoms with E-state index in [1.807, 2.05) is 140 Å². The van der Waals surface area contributed by atoms with E-state index in [2.05, 4.69) is 48.1 Å². The molecule has 0 radical (unpaired) electrons. The number of hydrogen-bond acceptors (Lipinski definition) is 6. The van der Waals surface area contributed by atoms with Gasteiger partial charge in [0.05, 0.1) is 17.2 Å². The van der Waals surface area contributed by atoms with E-state index in [0.717, 1.165) is 61.0 Å². The van der Waals surface area contributed by atoms with Crippen molar-refractivity contribution in [2.24, 2.45) is 17.5 Å². The zero-order valence-corrected chi connectivity index (χ0v) is 28.1. The lowest BCUT2D eigenvalue weighted by Gasteiger charge is -2.04. The SMILES string of the molecule is C=C/C=C(/N)C=CC.C=C1/C=C\C(C2=c3oc4ccccc4c3=C=C2)=C/C(C#N)/C=C\C1=C.CNN.c1ccc(Nc2ccccc2)cc1. The van der Waals surface area contributed by atoms with Gasteiger partial charge in [-0.15, -0.1) is 5.73 Å². The second kappa shape index (κ2) is 20.0. The van der Waals surface area contributed by atoms with Crippen molar-refractivity contribution >= 4 is 33.6 Å². The molecule has 0 spiro atoms. The quantitative estimate of drug-likeness (QED) is 0.0996. The van der Waals surface area contributed by atoms with Gasteiger partial charge in [-0.1, -0.05) is 111 Å². The molecule has 3 aromatic carbocycles. The third kappa shape index (κ3) is 11.4. The van der Waals surface area contributed by atoms with Crippen molar-refractivity contribution < 1.29 is 4.42 Å². The van der Waals surface area contributed by atoms with Crippen molar-refractivity contribution in [2.75, 3.05) is 12.4 Å². The van der Waals surface area contributed by atoms with Gasteiger partial charge in [0, 0.05) is 28.0 Å². The van der Waals surface area contributed by atoms with Gasteiger partial charge in [0.25, 0.3) is 0 Å². The molecular weight excluding hydrogens is 603 g/mol. The average molecular weight is 646 g/mol. The van der Waals surface area contributed by atoms with E-state index < -0.39 is 0 Å². The number of nitrogens with one attached hydrogen (secondary N) is 2. The number of allylic oxidation sites excluding steroid dienone is 13. The number of anilines is 2. The standard InChI is InChI=1S/C23H15NO.C12H11N.C7H11N.CH6N2/c1-15-7-9-17(14-24)13-18(10-8-16(15)2)19-11-12-21-20-5-3-4-6-22(20)25-23(19)21;1-3-7-11(8-4-1)13-12-9-5-2-6-10-12;1-3-5-7(8)6-4-2;1-3-2/h3-11,13,17H,1-2H2;1-10,13H;3-6H,1,8H2,2H3;3H,2H2,1H3/b9-7-,10-8-,18-13+;;6-4?,7-5+;. The lowest BCUT2D eigenvalue weighted by atomic mass is 10.0. The molecule has 1 unspecified atom stereocenters. The molecule has 246 valence electrons. The minimum absolute atomic E-state index is 0.350. The number of hydrogen-bond donors (Lipinski definition) is 4. The molecule has 0 fully saturated rings. The summed E-state index contributed by atoms with van der Waals surface area (Å²) in [6, 6.07) is 30.5. The smallest absolute Gasteiger partial charge is 0.151 e. The molecule has 6 heteroatoms. The Morgan fingerprint density at radius 2 is 1.51 bits per heavy atom. The molecule has 49 heavy (non-hydrogen) atoms. The molecule has 2 aliphatic rings. The Morgan fingerprint density at radius 3 is 2.10 bits per heavy atom. The van der Waals surface area contributed by atoms with Crippen molar-refractivity contribution in [2.45, 2.75) is 6.92 Å². The van der Waals surface area contributed by atoms with E-state index in [-0.39, 0.29) is 5.92 Å². The Hall–Kier alpha value is -6.35. The van der Waals surface area contributed by atoms with Crippen LogP contribution in [0.25, 0.3) is 22.3 Å². The first-order chi connectivity index (χ1) is 23.8. The maximum absolute atomic E-state index is 9.44. The number of hydrazine groups is 1. The normalized spacial score (nSPS) is 17.0. The lowest BCUT2D eigenvalue weighted by Crippen LogP contribution is -2.19. The molecule has 6 rings (SSSR count). The van der Waals surface area contributed by atoms with Gasteiger partial charge < -0.3 is 15.5 Å². The molecule has 0 aliphatic heterocycles. The van der Waals surface area contributed by atoms with Gasteiger partial charge in [0.1, 0.15) is 5.58 Å². The van der Waals surface area contributed by atoms with Gasteiger partial charge in [-0.2, -0.15) is 5.26 Å². The number of fused-ring (bicyclic) bond motifs is 3. The van der Waals surface area contributed by atoms with E-state index in [4.69, 9.17) is 10.2 Å². The van der Waals surface area contributed by atoms with E-state index in [0.29, 0.717) is 0 Å². The maximum Gasteiger partial charge on any atom is 0.151 e. The number of furan rings is 1. The molecule has 2 aliphatic carbocycles. The number of para-hydroxylation sites is 3. The molecule has 0 saturated carbocycles. The van der Waals surface area contributed by atoms with Gasteiger partial charge in [-0.05, 0) is 85.3 Å². The van der Waals surface area contributed by atoms with Crippen LogP contribution in [0, 0.1) is 17.2 Å². The van der Waals surface area contributed by atoms with E-state index in [1.54, 1.807) is 19.2 Å². The summed E-state index contributed by atoms with van der Waals surface area (Å²) in [5.74, 6) is 4.25. The number of nitriles is 1. The molecule has 1 aromatic heterocycles. The second-order valence-electron chi connectivity index (χ2n) is 10.6. The maximum atomic E-state index is 9.44. The summed E-state index contributed by atoms with van der Waals surface area (Å²) >= 11 is 0. The summed E-state index contributed by atoms with van der Waals surface area (Å²) < 4.78 is 6.05. The van der Waals surface area contributed by atoms with Crippen LogP contribution >= 0.6 is 0 Å². The molecule has 0 bridgehead atoms. The lowest BCUT2D eigenvalue weighted by molar-refractivity contribution is 0.574. The molecule has 6 N–H and O–H groups in total. The van der Waals surface area contributed by atoms with Crippen LogP contribution in [0.15, 0.2) is 192 Å². The Bertz CT molecular complexity index is 2060. The summed E-state index contributed by atoms with van der Waals surface area (Å²) in [6.07, 6.45) is 18.5. The number of benzene rings is 3. The molecule has 1 heterocycles. The summed E-state index contributed by atoms with van der Waals surface area (Å²) in [6.45, 7) is 13.4. The highest BCUT2D eigenvalue weighted by Crippen LogP contribution is 2.23. The fraction of sp³-hybridized carbons (Fsp3) is 0.0698. The minimum atomic E-state index is -0.350. The van der Waals surface area contributed by atoms with E-state index in [1.165, 1.54) is 0 Å². The fourth-order valence-electron chi connectivity index (χ4n) is 4.59. The minimum Gasteiger partial charge on any atom is -0.455 e. The zero-order chi connectivity index (χ0) is 35.4. The molecular formula is C43H43N5O. The van der Waals surface area contributed by atoms with Crippen LogP contribution in [0.1, 0.15) is 6.92 Å². The van der Waals surface area contributed by atoms with Crippen LogP contribution in [-0.2, 0) is 0 Å². The van der Waals surface area contributed by atoms with Crippen LogP contribution in [0.5, 0.6) is 0 Å². The number of nitrogens with zero attached hydrogens (tertiary/aromatic N) is 1. The topological polar surface area (TPSA) is 113 Å². The van der Waals surface area contributed by atoms with Gasteiger partial charge in [0.15, 0.2) is 5.42 Å². The summed E-state index contributed by atoms with van der Waals surface area (Å²) in [4.78, 5) is 0. The van der Waals surface area contributed by atoms with Crippen LogP contribution in [0.2, 0.25) is 0 Å². The van der Waals surface area contributed by atoms with E-state index >= 15 is 0 Å². The summed E-state index contributed by atoms with van der Waals surface area (Å²) in [5, 5.41) is 14.8. The highest BCUT2D eigenvalue weighted by atomic mass is 16.3. The van der Waals surface area contributed by atoms with Crippen molar-refractivity contribution in [3.63, 3.8) is 0 Å². The van der Waals surface area contributed by atoms with Crippen LogP contribution < -0.4 is 33.0 Å². The molecule has 0 amide bonds. The first-order valence-electron chi connectivity index (χ1n) is 15.6. The first-order valence-corrected chi connectivity index (χ1v) is 15.6. The monoisotopic (exact) mass is 645 g/mol. The van der Waals surface area contributed by atoms with Gasteiger partial charge in [-0.3, -0.25) is 11.3 Å². The first kappa shape index (κ1) is 37.1. The van der Waals surface area contributed by atoms with Gasteiger partial charge in [0.2, 0.25) is 0 Å². The van der Waals surface area contributed by atoms with Crippen LogP contribution in [-0.4, -0.2) is 7.05 Å². The van der Waals surface area contributed by atoms with Gasteiger partial charge >= 0.3 is 0 Å². The summed E-state index contributed by atoms with van der Waals surface area (Å²) in [5.41, 5.74) is 19.0. The predicted molar refractivity (Wildman–Crippen MR) is 207 cm³/mol. The Morgan fingerprint density at radius 1 is 0.918 bits per heavy atom. The van der Waals surface area contributed by atoms with Crippen molar-refractivity contribution in [3.8, 4) is 6.07 Å². The summed E-state index contributed by atoms with van der Waals surface area (Å²) in [7, 11) is 1.65. The highest BCUT2D eigenvalue weighted by Gasteiger charge is 2.14. The molecule has 6 nitrogen and oxygen atoms in total. The second-order valence-corrected chi connectivity index (χ2v) is 10.6. The third-order valence-corrected chi connectivity index (χ3v) is 6.91. The molecule has 0 saturated heterocycles. The Balaban J connectivity index is 0.000000226. The third-order valence-electron chi connectivity index (χ3n) is 6.91. The molecule has 4 aromatic rings. The van der Waals surface area contributed by atoms with Crippen molar-refractivity contribution in [1.29, 1.82) is 5.26 Å².